The van der Waals surface area contributed by atoms with Crippen molar-refractivity contribution in [2.75, 3.05) is 141 Å². The van der Waals surface area contributed by atoms with Gasteiger partial charge in [-0.05, 0) is 74.9 Å². The molecule has 8 aliphatic rings. The molecule has 2 aromatic heterocycles. The third kappa shape index (κ3) is 25.9. The minimum absolute atomic E-state index is 0.0122. The summed E-state index contributed by atoms with van der Waals surface area (Å²) < 4.78 is 0. The molecule has 644 valence electrons. The van der Waals surface area contributed by atoms with E-state index in [0.29, 0.717) is 184 Å². The number of carbonyl (C=O) groups is 12. The lowest BCUT2D eigenvalue weighted by Crippen LogP contribution is -2.50. The lowest BCUT2D eigenvalue weighted by Gasteiger charge is -2.35. The quantitative estimate of drug-likeness (QED) is 0.0136. The zero-order valence-corrected chi connectivity index (χ0v) is 69.4. The Balaban J connectivity index is 0.000000231. The van der Waals surface area contributed by atoms with Crippen LogP contribution in [-0.2, 0) is 51.2 Å². The highest BCUT2D eigenvalue weighted by Gasteiger charge is 2.45. The molecule has 12 unspecified atom stereocenters. The molecule has 14 amide bonds. The number of piperazine rings is 2. The number of rotatable bonds is 42. The van der Waals surface area contributed by atoms with Gasteiger partial charge in [-0.15, -0.1) is 23.5 Å². The number of fused-ring (bicyclic) bond motifs is 4. The van der Waals surface area contributed by atoms with Gasteiger partial charge in [-0.25, -0.2) is 19.6 Å². The minimum atomic E-state index is -1.30. The number of aliphatic hydroxyl groups excluding tert-OH is 6. The van der Waals surface area contributed by atoms with Crippen molar-refractivity contribution in [3.8, 4) is 0 Å². The Bertz CT molecular complexity index is 4190. The first-order valence-electron chi connectivity index (χ1n) is 40.8. The average Bonchev–Trinajstić information content (AvgIpc) is 1.30. The largest absolute Gasteiger partial charge is 0.394 e. The Hall–Kier alpha value is -8.16. The fourth-order valence-electron chi connectivity index (χ4n) is 15.4. The minimum Gasteiger partial charge on any atom is -0.394 e. The fourth-order valence-corrected chi connectivity index (χ4v) is 20.6. The summed E-state index contributed by atoms with van der Waals surface area (Å²) in [6.45, 7) is 7.07. The predicted molar refractivity (Wildman–Crippen MR) is 443 cm³/mol. The van der Waals surface area contributed by atoms with Crippen LogP contribution in [-0.4, -0.2) is 362 Å². The zero-order valence-electron chi connectivity index (χ0n) is 66.1. The normalized spacial score (nSPS) is 22.9. The standard InChI is InChI=1S/2C39H55N9O9S2/c49-22-30(51)29(50)19-25-21-42-27-18-24(7-8-26(27)43-25)37(55)41-9-3-5-33(52)40-10-17-58-32-20-35(54)48(38(32)56)16-13-46-11-14-47(15-12-46)34(53)6-2-1-4-31-36-28(23-59-31)44-39(57)45-36;49-22-30(51)29(50)19-25-21-42-26-8-7-24(18-27(26)43-25)37(55)41-9-3-5-33(52)40-10-17-58-32-20-35(54)48(38(32)56)16-13-46-11-14-47(15-12-46)34(53)6-2-1-4-31-36-28(23-59-31)44-39(57)45-36/h2*7-8,18,21,28-32,36,49-51H,1-6,9-17,19-20,22-23H2,(H,40,52)(H,41,55)(H2,44,45,57). The summed E-state index contributed by atoms with van der Waals surface area (Å²) in [5, 5.41) is 80.2. The number of aromatic nitrogens is 4. The molecule has 40 heteroatoms. The lowest BCUT2D eigenvalue weighted by molar-refractivity contribution is -0.140. The highest BCUT2D eigenvalue weighted by molar-refractivity contribution is 8.01. The Morgan fingerprint density at radius 3 is 1.35 bits per heavy atom. The van der Waals surface area contributed by atoms with E-state index in [1.165, 1.54) is 45.7 Å². The van der Waals surface area contributed by atoms with E-state index in [-0.39, 0.29) is 147 Å². The smallest absolute Gasteiger partial charge is 0.315 e. The Labute approximate surface area is 700 Å². The first-order chi connectivity index (χ1) is 57.0. The van der Waals surface area contributed by atoms with Gasteiger partial charge in [0.05, 0.1) is 93.5 Å². The van der Waals surface area contributed by atoms with E-state index < -0.39 is 48.1 Å². The number of carbonyl (C=O) groups excluding carboxylic acids is 12. The molecule has 2 aromatic carbocycles. The van der Waals surface area contributed by atoms with E-state index >= 15 is 0 Å². The van der Waals surface area contributed by atoms with Crippen molar-refractivity contribution in [1.82, 2.24) is 91.9 Å². The van der Waals surface area contributed by atoms with E-state index in [0.717, 1.165) is 50.0 Å². The summed E-state index contributed by atoms with van der Waals surface area (Å²) >= 11 is 6.49. The maximum Gasteiger partial charge on any atom is 0.315 e. The average molecular weight is 1720 g/mol. The van der Waals surface area contributed by atoms with Crippen molar-refractivity contribution in [3.63, 3.8) is 0 Å². The van der Waals surface area contributed by atoms with E-state index in [1.54, 1.807) is 36.4 Å². The summed E-state index contributed by atoms with van der Waals surface area (Å²) in [6.07, 6.45) is 5.96. The number of aliphatic hydroxyl groups is 6. The van der Waals surface area contributed by atoms with Gasteiger partial charge in [-0.3, -0.25) is 77.5 Å². The van der Waals surface area contributed by atoms with Crippen LogP contribution < -0.4 is 42.5 Å². The maximum absolute atomic E-state index is 13.1. The highest BCUT2D eigenvalue weighted by Crippen LogP contribution is 2.35. The van der Waals surface area contributed by atoms with E-state index in [9.17, 15) is 78.0 Å². The molecule has 0 radical (unpaired) electrons. The number of unbranched alkanes of at least 4 members (excludes halogenated alkanes) is 2. The summed E-state index contributed by atoms with van der Waals surface area (Å²) in [5.41, 5.74) is 3.52. The molecule has 118 heavy (non-hydrogen) atoms. The number of nitrogens with zero attached hydrogens (tertiary/aromatic N) is 10. The van der Waals surface area contributed by atoms with Gasteiger partial charge in [0, 0.05) is 213 Å². The molecule has 0 spiro atoms. The second-order valence-corrected chi connectivity index (χ2v) is 35.8. The zero-order chi connectivity index (χ0) is 83.8. The molecule has 8 fully saturated rings. The highest BCUT2D eigenvalue weighted by atomic mass is 32.2. The van der Waals surface area contributed by atoms with E-state index in [4.69, 9.17) is 10.2 Å². The van der Waals surface area contributed by atoms with Gasteiger partial charge in [-0.2, -0.15) is 23.5 Å². The molecular formula is C78H110N18O18S4. The molecule has 0 bridgehead atoms. The van der Waals surface area contributed by atoms with Gasteiger partial charge in [0.2, 0.25) is 47.3 Å². The van der Waals surface area contributed by atoms with E-state index in [1.807, 2.05) is 33.3 Å². The molecule has 0 aliphatic carbocycles. The number of hydrogen-bond acceptors (Lipinski definition) is 28. The van der Waals surface area contributed by atoms with Gasteiger partial charge < -0.3 is 83.0 Å². The monoisotopic (exact) mass is 1710 g/mol. The topological polar surface area (TPSA) is 493 Å². The molecular weight excluding hydrogens is 1610 g/mol. The van der Waals surface area contributed by atoms with Crippen molar-refractivity contribution in [2.24, 2.45) is 0 Å². The molecule has 36 nitrogen and oxygen atoms in total. The van der Waals surface area contributed by atoms with Crippen LogP contribution in [0.5, 0.6) is 0 Å². The lowest BCUT2D eigenvalue weighted by atomic mass is 10.0. The SMILES string of the molecule is O=C(CCCNC(=O)c1ccc2nc(CC(O)C(O)CO)cnc2c1)NCCSC1CC(=O)N(CCN2CCN(C(=O)CCCCC3SCC4NC(=O)NC43)CC2)C1=O.O=C(CCCNC(=O)c1ccc2ncc(CC(O)C(O)CO)nc2c1)NCCSC1CC(=O)N(CCN2CCN(C(=O)CCCCC3SCC4NC(=O)NC43)CC2)C1=O. The van der Waals surface area contributed by atoms with Crippen molar-refractivity contribution in [2.45, 2.75) is 172 Å². The number of hydrogen-bond donors (Lipinski definition) is 14. The van der Waals surface area contributed by atoms with Gasteiger partial charge in [0.15, 0.2) is 0 Å². The number of thioether (sulfide) groups is 4. The third-order valence-electron chi connectivity index (χ3n) is 22.3. The molecule has 12 rings (SSSR count). The summed E-state index contributed by atoms with van der Waals surface area (Å²) in [4.78, 5) is 179. The van der Waals surface area contributed by atoms with Gasteiger partial charge in [-0.1, -0.05) is 12.8 Å². The number of urea groups is 2. The molecule has 14 N–H and O–H groups in total. The van der Waals surface area contributed by atoms with Crippen molar-refractivity contribution >= 4 is 140 Å². The molecule has 0 saturated carbocycles. The van der Waals surface area contributed by atoms with Crippen LogP contribution in [0, 0.1) is 0 Å². The van der Waals surface area contributed by atoms with Gasteiger partial charge in [0.1, 0.15) is 12.2 Å². The van der Waals surface area contributed by atoms with Crippen LogP contribution in [0.2, 0.25) is 0 Å². The summed E-state index contributed by atoms with van der Waals surface area (Å²) in [6, 6.07) is 10.3. The third-order valence-corrected chi connectivity index (χ3v) is 27.7. The summed E-state index contributed by atoms with van der Waals surface area (Å²) in [5.74, 6) is 1.30. The van der Waals surface area contributed by atoms with Crippen molar-refractivity contribution in [3.05, 3.63) is 71.3 Å². The summed E-state index contributed by atoms with van der Waals surface area (Å²) in [7, 11) is 0. The predicted octanol–water partition coefficient (Wildman–Crippen LogP) is -1.51. The van der Waals surface area contributed by atoms with Crippen molar-refractivity contribution < 1.29 is 88.2 Å². The number of amides is 14. The molecule has 12 atom stereocenters. The van der Waals surface area contributed by atoms with Crippen LogP contribution in [0.4, 0.5) is 9.59 Å². The number of imide groups is 2. The number of benzene rings is 2. The van der Waals surface area contributed by atoms with Crippen LogP contribution in [0.15, 0.2) is 48.8 Å². The molecule has 4 aromatic rings. The first-order valence-corrected chi connectivity index (χ1v) is 45.0. The number of likely N-dealkylation sites (tertiary alicyclic amines) is 2. The Morgan fingerprint density at radius 1 is 0.475 bits per heavy atom. The first kappa shape index (κ1) is 90.6. The van der Waals surface area contributed by atoms with Crippen LogP contribution in [0.1, 0.15) is 122 Å². The van der Waals surface area contributed by atoms with Crippen LogP contribution in [0.3, 0.4) is 0 Å². The molecule has 10 heterocycles. The molecule has 8 saturated heterocycles. The number of nitrogens with one attached hydrogen (secondary N) is 8. The Morgan fingerprint density at radius 2 is 0.898 bits per heavy atom. The Kier molecular flexibility index (Phi) is 34.5. The fraction of sp³-hybridized carbons (Fsp3) is 0.641. The van der Waals surface area contributed by atoms with Gasteiger partial charge >= 0.3 is 12.1 Å². The second kappa shape index (κ2) is 44.9. The van der Waals surface area contributed by atoms with E-state index in [2.05, 4.69) is 72.3 Å². The van der Waals surface area contributed by atoms with Crippen LogP contribution in [0.25, 0.3) is 22.1 Å². The maximum atomic E-state index is 13.1. The molecule has 8 aliphatic heterocycles. The second-order valence-electron chi connectivity index (χ2n) is 30.7. The van der Waals surface area contributed by atoms with Gasteiger partial charge in [0.25, 0.3) is 11.8 Å². The van der Waals surface area contributed by atoms with Crippen LogP contribution >= 0.6 is 47.0 Å². The van der Waals surface area contributed by atoms with Crippen molar-refractivity contribution in [1.29, 1.82) is 0 Å².